The van der Waals surface area contributed by atoms with E-state index in [4.69, 9.17) is 10.6 Å². The van der Waals surface area contributed by atoms with Gasteiger partial charge in [-0.15, -0.1) is 0 Å². The summed E-state index contributed by atoms with van der Waals surface area (Å²) in [7, 11) is 1.67. The molecular formula is C14H18N4O. The van der Waals surface area contributed by atoms with Gasteiger partial charge in [0, 0.05) is 11.8 Å². The highest BCUT2D eigenvalue weighted by molar-refractivity contribution is 5.48. The molecule has 1 unspecified atom stereocenters. The first kappa shape index (κ1) is 13.5. The number of hydrogen-bond donors (Lipinski definition) is 2. The molecule has 1 heterocycles. The SMILES string of the molecule is COc1c(C(NN)c2ccncn2)ccc(C)c1C. The summed E-state index contributed by atoms with van der Waals surface area (Å²) in [6, 6.07) is 5.67. The van der Waals surface area contributed by atoms with E-state index in [-0.39, 0.29) is 6.04 Å². The maximum atomic E-state index is 5.68. The number of nitrogens with two attached hydrogens (primary N) is 1. The molecule has 1 aromatic carbocycles. The van der Waals surface area contributed by atoms with Crippen LogP contribution in [0.4, 0.5) is 0 Å². The van der Waals surface area contributed by atoms with Crippen LogP contribution < -0.4 is 16.0 Å². The predicted octanol–water partition coefficient (Wildman–Crippen LogP) is 1.65. The van der Waals surface area contributed by atoms with Crippen molar-refractivity contribution in [3.8, 4) is 5.75 Å². The maximum Gasteiger partial charge on any atom is 0.127 e. The van der Waals surface area contributed by atoms with Crippen LogP contribution in [0.5, 0.6) is 5.75 Å². The van der Waals surface area contributed by atoms with Crippen LogP contribution in [0.3, 0.4) is 0 Å². The Balaban J connectivity index is 2.53. The minimum absolute atomic E-state index is 0.225. The Morgan fingerprint density at radius 3 is 2.63 bits per heavy atom. The van der Waals surface area contributed by atoms with Crippen LogP contribution in [-0.4, -0.2) is 17.1 Å². The molecule has 1 aromatic heterocycles. The van der Waals surface area contributed by atoms with Gasteiger partial charge >= 0.3 is 0 Å². The fraction of sp³-hybridized carbons (Fsp3) is 0.286. The van der Waals surface area contributed by atoms with Crippen LogP contribution in [0.25, 0.3) is 0 Å². The molecule has 5 heteroatoms. The van der Waals surface area contributed by atoms with E-state index >= 15 is 0 Å². The number of aryl methyl sites for hydroxylation is 1. The molecule has 1 atom stereocenters. The quantitative estimate of drug-likeness (QED) is 0.644. The third-order valence-electron chi connectivity index (χ3n) is 3.29. The molecule has 3 N–H and O–H groups in total. The summed E-state index contributed by atoms with van der Waals surface area (Å²) < 4.78 is 5.52. The maximum absolute atomic E-state index is 5.68. The lowest BCUT2D eigenvalue weighted by Gasteiger charge is -2.20. The Kier molecular flexibility index (Phi) is 4.09. The number of nitrogens with zero attached hydrogens (tertiary/aromatic N) is 2. The molecule has 0 spiro atoms. The van der Waals surface area contributed by atoms with E-state index in [9.17, 15) is 0 Å². The molecule has 0 bridgehead atoms. The number of methoxy groups -OCH3 is 1. The van der Waals surface area contributed by atoms with Crippen molar-refractivity contribution in [3.05, 3.63) is 53.1 Å². The Morgan fingerprint density at radius 1 is 1.26 bits per heavy atom. The zero-order valence-electron chi connectivity index (χ0n) is 11.3. The van der Waals surface area contributed by atoms with E-state index in [0.29, 0.717) is 0 Å². The second-order valence-electron chi connectivity index (χ2n) is 4.36. The van der Waals surface area contributed by atoms with Gasteiger partial charge in [-0.2, -0.15) is 0 Å². The molecule has 100 valence electrons. The predicted molar refractivity (Wildman–Crippen MR) is 73.7 cm³/mol. The number of aromatic nitrogens is 2. The van der Waals surface area contributed by atoms with Gasteiger partial charge in [-0.3, -0.25) is 5.84 Å². The van der Waals surface area contributed by atoms with E-state index in [1.54, 1.807) is 13.3 Å². The number of benzene rings is 1. The van der Waals surface area contributed by atoms with Crippen LogP contribution in [0.2, 0.25) is 0 Å². The van der Waals surface area contributed by atoms with Crippen molar-refractivity contribution in [2.24, 2.45) is 5.84 Å². The molecule has 0 aliphatic heterocycles. The molecule has 2 rings (SSSR count). The van der Waals surface area contributed by atoms with E-state index in [2.05, 4.69) is 28.4 Å². The molecular weight excluding hydrogens is 240 g/mol. The highest BCUT2D eigenvalue weighted by Crippen LogP contribution is 2.32. The summed E-state index contributed by atoms with van der Waals surface area (Å²) in [5.41, 5.74) is 6.84. The van der Waals surface area contributed by atoms with Gasteiger partial charge in [-0.25, -0.2) is 15.4 Å². The summed E-state index contributed by atoms with van der Waals surface area (Å²) in [6.45, 7) is 4.09. The van der Waals surface area contributed by atoms with Crippen LogP contribution in [0.15, 0.2) is 30.7 Å². The summed E-state index contributed by atoms with van der Waals surface area (Å²) in [6.07, 6.45) is 3.20. The number of ether oxygens (including phenoxy) is 1. The Hall–Kier alpha value is -1.98. The third-order valence-corrected chi connectivity index (χ3v) is 3.29. The average molecular weight is 258 g/mol. The normalized spacial score (nSPS) is 12.2. The molecule has 0 saturated carbocycles. The van der Waals surface area contributed by atoms with Crippen LogP contribution in [-0.2, 0) is 0 Å². The third kappa shape index (κ3) is 2.57. The van der Waals surface area contributed by atoms with Crippen molar-refractivity contribution in [1.82, 2.24) is 15.4 Å². The molecule has 0 amide bonds. The number of hydrogen-bond acceptors (Lipinski definition) is 5. The molecule has 0 radical (unpaired) electrons. The van der Waals surface area contributed by atoms with Crippen molar-refractivity contribution in [2.75, 3.05) is 7.11 Å². The fourth-order valence-electron chi connectivity index (χ4n) is 2.12. The van der Waals surface area contributed by atoms with Crippen LogP contribution in [0, 0.1) is 13.8 Å². The Labute approximate surface area is 112 Å². The van der Waals surface area contributed by atoms with Gasteiger partial charge < -0.3 is 4.74 Å². The fourth-order valence-corrected chi connectivity index (χ4v) is 2.12. The van der Waals surface area contributed by atoms with Gasteiger partial charge in [0.25, 0.3) is 0 Å². The van der Waals surface area contributed by atoms with Gasteiger partial charge in [0.15, 0.2) is 0 Å². The van der Waals surface area contributed by atoms with E-state index in [1.807, 2.05) is 19.1 Å². The largest absolute Gasteiger partial charge is 0.496 e. The smallest absolute Gasteiger partial charge is 0.127 e. The molecule has 19 heavy (non-hydrogen) atoms. The van der Waals surface area contributed by atoms with E-state index < -0.39 is 0 Å². The van der Waals surface area contributed by atoms with Crippen LogP contribution in [0.1, 0.15) is 28.4 Å². The van der Waals surface area contributed by atoms with E-state index in [1.165, 1.54) is 11.9 Å². The van der Waals surface area contributed by atoms with Crippen molar-refractivity contribution in [3.63, 3.8) is 0 Å². The molecule has 0 fully saturated rings. The summed E-state index contributed by atoms with van der Waals surface area (Å²) in [5, 5.41) is 0. The second kappa shape index (κ2) is 5.77. The first-order valence-electron chi connectivity index (χ1n) is 6.05. The highest BCUT2D eigenvalue weighted by atomic mass is 16.5. The molecule has 0 aliphatic carbocycles. The number of rotatable bonds is 4. The molecule has 5 nitrogen and oxygen atoms in total. The van der Waals surface area contributed by atoms with Crippen molar-refractivity contribution in [1.29, 1.82) is 0 Å². The first-order chi connectivity index (χ1) is 9.19. The van der Waals surface area contributed by atoms with Crippen LogP contribution >= 0.6 is 0 Å². The summed E-state index contributed by atoms with van der Waals surface area (Å²) >= 11 is 0. The standard InChI is InChI=1S/C14H18N4O/c1-9-4-5-11(14(19-3)10(9)2)13(18-15)12-6-7-16-8-17-12/h4-8,13,18H,15H2,1-3H3. The first-order valence-corrected chi connectivity index (χ1v) is 6.05. The molecule has 0 saturated heterocycles. The second-order valence-corrected chi connectivity index (χ2v) is 4.36. The van der Waals surface area contributed by atoms with Gasteiger partial charge in [0.05, 0.1) is 18.8 Å². The Bertz CT molecular complexity index is 557. The zero-order chi connectivity index (χ0) is 13.8. The lowest BCUT2D eigenvalue weighted by Crippen LogP contribution is -2.30. The van der Waals surface area contributed by atoms with Gasteiger partial charge in [0.2, 0.25) is 0 Å². The van der Waals surface area contributed by atoms with Gasteiger partial charge in [-0.1, -0.05) is 12.1 Å². The number of hydrazine groups is 1. The monoisotopic (exact) mass is 258 g/mol. The average Bonchev–Trinajstić information content (AvgIpc) is 2.45. The van der Waals surface area contributed by atoms with Crippen molar-refractivity contribution < 1.29 is 4.74 Å². The van der Waals surface area contributed by atoms with Gasteiger partial charge in [-0.05, 0) is 31.0 Å². The zero-order valence-corrected chi connectivity index (χ0v) is 11.3. The lowest BCUT2D eigenvalue weighted by atomic mass is 9.97. The topological polar surface area (TPSA) is 73.1 Å². The molecule has 2 aromatic rings. The minimum atomic E-state index is -0.225. The van der Waals surface area contributed by atoms with Crippen molar-refractivity contribution in [2.45, 2.75) is 19.9 Å². The van der Waals surface area contributed by atoms with Gasteiger partial charge in [0.1, 0.15) is 12.1 Å². The van der Waals surface area contributed by atoms with E-state index in [0.717, 1.165) is 22.6 Å². The summed E-state index contributed by atoms with van der Waals surface area (Å²) in [5.74, 6) is 6.52. The summed E-state index contributed by atoms with van der Waals surface area (Å²) in [4.78, 5) is 8.16. The molecule has 0 aliphatic rings. The lowest BCUT2D eigenvalue weighted by molar-refractivity contribution is 0.400. The Morgan fingerprint density at radius 2 is 2.05 bits per heavy atom. The number of nitrogens with one attached hydrogen (secondary N) is 1. The highest BCUT2D eigenvalue weighted by Gasteiger charge is 2.20. The minimum Gasteiger partial charge on any atom is -0.496 e. The van der Waals surface area contributed by atoms with Crippen molar-refractivity contribution >= 4 is 0 Å².